The van der Waals surface area contributed by atoms with Crippen molar-refractivity contribution in [3.63, 3.8) is 0 Å². The molecule has 0 amide bonds. The van der Waals surface area contributed by atoms with Gasteiger partial charge in [-0.25, -0.2) is 0 Å². The minimum Gasteiger partial charge on any atom is -0.381 e. The largest absolute Gasteiger partial charge is 0.381 e. The van der Waals surface area contributed by atoms with Gasteiger partial charge in [0.15, 0.2) is 0 Å². The average molecular weight is 180 g/mol. The van der Waals surface area contributed by atoms with Crippen molar-refractivity contribution < 1.29 is 9.84 Å². The molecule has 0 radical (unpaired) electrons. The zero-order valence-electron chi connectivity index (χ0n) is 7.47. The van der Waals surface area contributed by atoms with Gasteiger partial charge in [-0.2, -0.15) is 0 Å². The molecule has 0 saturated carbocycles. The molecule has 0 aliphatic carbocycles. The highest BCUT2D eigenvalue weighted by Crippen LogP contribution is 2.33. The molecule has 70 valence electrons. The first kappa shape index (κ1) is 8.59. The molecular weight excluding hydrogens is 168 g/mol. The molecule has 2 atom stereocenters. The van der Waals surface area contributed by atoms with E-state index in [0.29, 0.717) is 18.7 Å². The maximum Gasteiger partial charge on any atom is 0.136 e. The van der Waals surface area contributed by atoms with E-state index in [4.69, 9.17) is 4.74 Å². The molecule has 2 rings (SSSR count). The van der Waals surface area contributed by atoms with E-state index in [0.717, 1.165) is 0 Å². The number of hydrogen-bond donors (Lipinski definition) is 1. The second kappa shape index (κ2) is 3.05. The maximum atomic E-state index is 10.2. The first-order valence-electron chi connectivity index (χ1n) is 4.34. The molecule has 0 bridgehead atoms. The summed E-state index contributed by atoms with van der Waals surface area (Å²) in [5, 5.41) is 10.2. The Morgan fingerprint density at radius 3 is 3.00 bits per heavy atom. The van der Waals surface area contributed by atoms with Crippen LogP contribution in [0.2, 0.25) is 0 Å². The lowest BCUT2D eigenvalue weighted by Crippen LogP contribution is -2.34. The average Bonchev–Trinajstić information content (AvgIpc) is 2.50. The van der Waals surface area contributed by atoms with E-state index in [9.17, 15) is 5.11 Å². The lowest BCUT2D eigenvalue weighted by Gasteiger charge is -2.24. The number of aromatic nitrogens is 2. The Bertz CT molecular complexity index is 291. The molecule has 0 aromatic carbocycles. The summed E-state index contributed by atoms with van der Waals surface area (Å²) in [4.78, 5) is 8.02. The van der Waals surface area contributed by atoms with Gasteiger partial charge < -0.3 is 9.84 Å². The fourth-order valence-electron chi connectivity index (χ4n) is 1.59. The van der Waals surface area contributed by atoms with Gasteiger partial charge in [0, 0.05) is 18.8 Å². The molecule has 1 saturated heterocycles. The van der Waals surface area contributed by atoms with Crippen molar-refractivity contribution in [3.8, 4) is 0 Å². The van der Waals surface area contributed by atoms with Gasteiger partial charge in [0.1, 0.15) is 5.60 Å². The molecular formula is C9H12N2O2. The third kappa shape index (κ3) is 1.32. The van der Waals surface area contributed by atoms with Crippen LogP contribution < -0.4 is 0 Å². The van der Waals surface area contributed by atoms with E-state index in [1.165, 1.54) is 0 Å². The van der Waals surface area contributed by atoms with Crippen LogP contribution in [0.15, 0.2) is 18.6 Å². The summed E-state index contributed by atoms with van der Waals surface area (Å²) in [5.74, 6) is 0. The Labute approximate surface area is 76.6 Å². The smallest absolute Gasteiger partial charge is 0.136 e. The predicted octanol–water partition coefficient (Wildman–Crippen LogP) is 0.473. The predicted molar refractivity (Wildman–Crippen MR) is 46.0 cm³/mol. The molecule has 1 aromatic rings. The molecule has 4 nitrogen and oxygen atoms in total. The Morgan fingerprint density at radius 1 is 1.62 bits per heavy atom. The molecule has 2 heterocycles. The summed E-state index contributed by atoms with van der Waals surface area (Å²) >= 11 is 0. The molecule has 0 spiro atoms. The normalized spacial score (nSPS) is 33.5. The van der Waals surface area contributed by atoms with Gasteiger partial charge in [-0.15, -0.1) is 0 Å². The van der Waals surface area contributed by atoms with Crippen molar-refractivity contribution in [1.82, 2.24) is 9.97 Å². The third-order valence-electron chi connectivity index (χ3n) is 2.53. The van der Waals surface area contributed by atoms with Gasteiger partial charge in [0.2, 0.25) is 0 Å². The number of ether oxygens (including phenoxy) is 1. The van der Waals surface area contributed by atoms with Gasteiger partial charge >= 0.3 is 0 Å². The van der Waals surface area contributed by atoms with Crippen LogP contribution in [-0.4, -0.2) is 27.8 Å². The standard InChI is InChI=1S/C9H12N2O2/c1-7-9(12,2-5-13-7)8-6-10-3-4-11-8/h3-4,6-7,12H,2,5H2,1H3. The summed E-state index contributed by atoms with van der Waals surface area (Å²) in [6.07, 6.45) is 5.15. The molecule has 4 heteroatoms. The zero-order chi connectivity index (χ0) is 9.31. The Kier molecular flexibility index (Phi) is 2.01. The van der Waals surface area contributed by atoms with Crippen LogP contribution in [-0.2, 0) is 10.3 Å². The highest BCUT2D eigenvalue weighted by molar-refractivity contribution is 5.12. The Hall–Kier alpha value is -1.00. The summed E-state index contributed by atoms with van der Waals surface area (Å²) in [6.45, 7) is 2.43. The topological polar surface area (TPSA) is 55.2 Å². The first-order chi connectivity index (χ1) is 6.23. The van der Waals surface area contributed by atoms with Gasteiger partial charge in [-0.05, 0) is 6.92 Å². The minimum atomic E-state index is -0.950. The molecule has 1 aliphatic heterocycles. The van der Waals surface area contributed by atoms with Crippen molar-refractivity contribution >= 4 is 0 Å². The second-order valence-corrected chi connectivity index (χ2v) is 3.28. The van der Waals surface area contributed by atoms with E-state index in [2.05, 4.69) is 9.97 Å². The molecule has 1 aromatic heterocycles. The summed E-state index contributed by atoms with van der Waals surface area (Å²) in [6, 6.07) is 0. The lowest BCUT2D eigenvalue weighted by molar-refractivity contribution is -0.0349. The van der Waals surface area contributed by atoms with Gasteiger partial charge in [0.05, 0.1) is 24.6 Å². The highest BCUT2D eigenvalue weighted by Gasteiger charge is 2.42. The van der Waals surface area contributed by atoms with Gasteiger partial charge in [0.25, 0.3) is 0 Å². The summed E-state index contributed by atoms with van der Waals surface area (Å²) in [7, 11) is 0. The molecule has 1 N–H and O–H groups in total. The van der Waals surface area contributed by atoms with Crippen LogP contribution in [0.1, 0.15) is 19.0 Å². The Morgan fingerprint density at radius 2 is 2.46 bits per heavy atom. The summed E-state index contributed by atoms with van der Waals surface area (Å²) in [5.41, 5.74) is -0.353. The maximum absolute atomic E-state index is 10.2. The summed E-state index contributed by atoms with van der Waals surface area (Å²) < 4.78 is 5.31. The fourth-order valence-corrected chi connectivity index (χ4v) is 1.59. The van der Waals surface area contributed by atoms with Gasteiger partial charge in [-0.3, -0.25) is 9.97 Å². The molecule has 2 unspecified atom stereocenters. The Balaban J connectivity index is 2.34. The van der Waals surface area contributed by atoms with Crippen LogP contribution in [0, 0.1) is 0 Å². The number of aliphatic hydroxyl groups is 1. The molecule has 13 heavy (non-hydrogen) atoms. The van der Waals surface area contributed by atoms with Crippen molar-refractivity contribution in [2.75, 3.05) is 6.61 Å². The van der Waals surface area contributed by atoms with E-state index >= 15 is 0 Å². The second-order valence-electron chi connectivity index (χ2n) is 3.28. The zero-order valence-corrected chi connectivity index (χ0v) is 7.47. The quantitative estimate of drug-likeness (QED) is 0.682. The SMILES string of the molecule is CC1OCCC1(O)c1cnccn1. The number of hydrogen-bond acceptors (Lipinski definition) is 4. The van der Waals surface area contributed by atoms with Crippen LogP contribution >= 0.6 is 0 Å². The minimum absolute atomic E-state index is 0.204. The van der Waals surface area contributed by atoms with E-state index in [-0.39, 0.29) is 6.10 Å². The lowest BCUT2D eigenvalue weighted by atomic mass is 9.93. The highest BCUT2D eigenvalue weighted by atomic mass is 16.5. The monoisotopic (exact) mass is 180 g/mol. The van der Waals surface area contributed by atoms with E-state index in [1.807, 2.05) is 6.92 Å². The van der Waals surface area contributed by atoms with Crippen molar-refractivity contribution in [1.29, 1.82) is 0 Å². The van der Waals surface area contributed by atoms with E-state index in [1.54, 1.807) is 18.6 Å². The molecule has 1 fully saturated rings. The first-order valence-corrected chi connectivity index (χ1v) is 4.34. The third-order valence-corrected chi connectivity index (χ3v) is 2.53. The van der Waals surface area contributed by atoms with Crippen LogP contribution in [0.4, 0.5) is 0 Å². The van der Waals surface area contributed by atoms with Crippen LogP contribution in [0.25, 0.3) is 0 Å². The fraction of sp³-hybridized carbons (Fsp3) is 0.556. The van der Waals surface area contributed by atoms with Gasteiger partial charge in [-0.1, -0.05) is 0 Å². The van der Waals surface area contributed by atoms with Crippen molar-refractivity contribution in [2.24, 2.45) is 0 Å². The van der Waals surface area contributed by atoms with Crippen molar-refractivity contribution in [2.45, 2.75) is 25.0 Å². The number of rotatable bonds is 1. The molecule has 1 aliphatic rings. The van der Waals surface area contributed by atoms with Crippen molar-refractivity contribution in [3.05, 3.63) is 24.3 Å². The number of nitrogens with zero attached hydrogens (tertiary/aromatic N) is 2. The van der Waals surface area contributed by atoms with E-state index < -0.39 is 5.60 Å². The van der Waals surface area contributed by atoms with Crippen LogP contribution in [0.3, 0.4) is 0 Å². The van der Waals surface area contributed by atoms with Crippen LogP contribution in [0.5, 0.6) is 0 Å².